The first-order chi connectivity index (χ1) is 11.1. The van der Waals surface area contributed by atoms with Gasteiger partial charge in [0, 0.05) is 6.54 Å². The number of rotatable bonds is 9. The van der Waals surface area contributed by atoms with Crippen LogP contribution in [0.3, 0.4) is 0 Å². The molecule has 0 spiro atoms. The fourth-order valence-corrected chi connectivity index (χ4v) is 3.48. The lowest BCUT2D eigenvalue weighted by molar-refractivity contribution is -0.368. The van der Waals surface area contributed by atoms with E-state index in [2.05, 4.69) is 10.5 Å². The molecule has 0 atom stereocenters. The zero-order chi connectivity index (χ0) is 16.5. The Bertz CT molecular complexity index is 689. The van der Waals surface area contributed by atoms with Crippen LogP contribution in [0, 0.1) is 0 Å². The van der Waals surface area contributed by atoms with Gasteiger partial charge >= 0.3 is 0 Å². The van der Waals surface area contributed by atoms with Crippen LogP contribution in [0.25, 0.3) is 11.1 Å². The second-order valence-electron chi connectivity index (χ2n) is 5.56. The van der Waals surface area contributed by atoms with Gasteiger partial charge in [-0.15, -0.1) is 0 Å². The third-order valence-corrected chi connectivity index (χ3v) is 5.22. The summed E-state index contributed by atoms with van der Waals surface area (Å²) in [4.78, 5) is 0.315. The third-order valence-electron chi connectivity index (χ3n) is 3.74. The molecule has 2 rings (SSSR count). The SMILES string of the molecule is [Cl-].[NH3+]CCCCCCNS(=O)(=O)c1ccc(-c2ccccc2)cc1. The molecule has 0 fully saturated rings. The van der Waals surface area contributed by atoms with E-state index in [1.54, 1.807) is 12.1 Å². The Morgan fingerprint density at radius 3 is 2.00 bits per heavy atom. The summed E-state index contributed by atoms with van der Waals surface area (Å²) in [6.07, 6.45) is 4.11. The largest absolute Gasteiger partial charge is 1.00 e. The number of nitrogens with one attached hydrogen (secondary N) is 1. The standard InChI is InChI=1S/C18H24N2O2S.ClH/c19-14-6-1-2-7-15-20-23(21,22)18-12-10-17(11-13-18)16-8-4-3-5-9-16;/h3-5,8-13,20H,1-2,6-7,14-15,19H2;1H. The van der Waals surface area contributed by atoms with Crippen LogP contribution in [-0.2, 0) is 10.0 Å². The van der Waals surface area contributed by atoms with Crippen LogP contribution in [0.5, 0.6) is 0 Å². The van der Waals surface area contributed by atoms with E-state index in [0.29, 0.717) is 11.4 Å². The van der Waals surface area contributed by atoms with Gasteiger partial charge in [-0.1, -0.05) is 48.9 Å². The van der Waals surface area contributed by atoms with Crippen molar-refractivity contribution < 1.29 is 26.6 Å². The lowest BCUT2D eigenvalue weighted by Crippen LogP contribution is -3.00. The van der Waals surface area contributed by atoms with Gasteiger partial charge in [0.15, 0.2) is 0 Å². The molecular weight excluding hydrogens is 344 g/mol. The monoisotopic (exact) mass is 368 g/mol. The Morgan fingerprint density at radius 1 is 0.792 bits per heavy atom. The van der Waals surface area contributed by atoms with Gasteiger partial charge in [-0.25, -0.2) is 13.1 Å². The van der Waals surface area contributed by atoms with Crippen LogP contribution < -0.4 is 22.9 Å². The summed E-state index contributed by atoms with van der Waals surface area (Å²) in [7, 11) is -3.41. The minimum atomic E-state index is -3.41. The average Bonchev–Trinajstić information content (AvgIpc) is 2.59. The van der Waals surface area contributed by atoms with Gasteiger partial charge in [0.05, 0.1) is 11.4 Å². The number of unbranched alkanes of at least 4 members (excludes halogenated alkanes) is 3. The van der Waals surface area contributed by atoms with Crippen LogP contribution >= 0.6 is 0 Å². The van der Waals surface area contributed by atoms with Crippen molar-refractivity contribution in [1.82, 2.24) is 4.72 Å². The second kappa shape index (κ2) is 10.5. The number of halogens is 1. The van der Waals surface area contributed by atoms with Crippen molar-refractivity contribution in [3.8, 4) is 11.1 Å². The van der Waals surface area contributed by atoms with Crippen LogP contribution in [-0.4, -0.2) is 21.5 Å². The van der Waals surface area contributed by atoms with Crippen molar-refractivity contribution >= 4 is 10.0 Å². The fraction of sp³-hybridized carbons (Fsp3) is 0.333. The molecule has 0 heterocycles. The first-order valence-electron chi connectivity index (χ1n) is 8.08. The van der Waals surface area contributed by atoms with Crippen molar-refractivity contribution in [1.29, 1.82) is 0 Å². The van der Waals surface area contributed by atoms with Crippen molar-refractivity contribution in [2.24, 2.45) is 0 Å². The second-order valence-corrected chi connectivity index (χ2v) is 7.32. The Labute approximate surface area is 150 Å². The molecular formula is C18H25ClN2O2S. The smallest absolute Gasteiger partial charge is 0.240 e. The van der Waals surface area contributed by atoms with Crippen LogP contribution in [0.1, 0.15) is 25.7 Å². The lowest BCUT2D eigenvalue weighted by atomic mass is 10.1. The summed E-state index contributed by atoms with van der Waals surface area (Å²) in [5.74, 6) is 0. The van der Waals surface area contributed by atoms with E-state index in [0.717, 1.165) is 43.4 Å². The first kappa shape index (κ1) is 20.6. The number of benzene rings is 2. The molecule has 0 aliphatic rings. The van der Waals surface area contributed by atoms with Gasteiger partial charge in [0.25, 0.3) is 0 Å². The normalized spacial score (nSPS) is 11.0. The van der Waals surface area contributed by atoms with Gasteiger partial charge < -0.3 is 18.1 Å². The molecule has 0 aromatic heterocycles. The molecule has 0 radical (unpaired) electrons. The van der Waals surface area contributed by atoms with E-state index >= 15 is 0 Å². The molecule has 0 aliphatic carbocycles. The predicted octanol–water partition coefficient (Wildman–Crippen LogP) is -0.562. The maximum atomic E-state index is 12.2. The maximum absolute atomic E-state index is 12.2. The van der Waals surface area contributed by atoms with Gasteiger partial charge in [-0.3, -0.25) is 0 Å². The number of sulfonamides is 1. The molecule has 2 aromatic carbocycles. The highest BCUT2D eigenvalue weighted by atomic mass is 35.5. The summed E-state index contributed by atoms with van der Waals surface area (Å²) < 4.78 is 27.2. The third kappa shape index (κ3) is 6.24. The van der Waals surface area contributed by atoms with Crippen LogP contribution in [0.2, 0.25) is 0 Å². The zero-order valence-corrected chi connectivity index (χ0v) is 15.3. The van der Waals surface area contributed by atoms with E-state index < -0.39 is 10.0 Å². The maximum Gasteiger partial charge on any atom is 0.240 e. The highest BCUT2D eigenvalue weighted by molar-refractivity contribution is 7.89. The Hall–Kier alpha value is -1.40. The Kier molecular flexibility index (Phi) is 9.00. The molecule has 24 heavy (non-hydrogen) atoms. The van der Waals surface area contributed by atoms with E-state index in [1.165, 1.54) is 0 Å². The van der Waals surface area contributed by atoms with Crippen LogP contribution in [0.4, 0.5) is 0 Å². The molecule has 2 aromatic rings. The summed E-state index contributed by atoms with van der Waals surface area (Å²) in [6.45, 7) is 1.43. The summed E-state index contributed by atoms with van der Waals surface area (Å²) in [5.41, 5.74) is 5.89. The van der Waals surface area contributed by atoms with Gasteiger partial charge in [0.2, 0.25) is 10.0 Å². The number of hydrogen-bond donors (Lipinski definition) is 2. The van der Waals surface area contributed by atoms with Gasteiger partial charge in [0.1, 0.15) is 0 Å². The Balaban J connectivity index is 0.00000288. The highest BCUT2D eigenvalue weighted by Crippen LogP contribution is 2.20. The van der Waals surface area contributed by atoms with E-state index in [4.69, 9.17) is 0 Å². The molecule has 0 saturated heterocycles. The lowest BCUT2D eigenvalue weighted by Gasteiger charge is -2.08. The van der Waals surface area contributed by atoms with Crippen LogP contribution in [0.15, 0.2) is 59.5 Å². The van der Waals surface area contributed by atoms with E-state index in [-0.39, 0.29) is 12.4 Å². The quantitative estimate of drug-likeness (QED) is 0.582. The molecule has 4 nitrogen and oxygen atoms in total. The number of quaternary nitrogens is 1. The van der Waals surface area contributed by atoms with Crippen molar-refractivity contribution in [2.45, 2.75) is 30.6 Å². The molecule has 0 amide bonds. The predicted molar refractivity (Wildman–Crippen MR) is 93.3 cm³/mol. The molecule has 0 aliphatic heterocycles. The van der Waals surface area contributed by atoms with Crippen molar-refractivity contribution in [2.75, 3.05) is 13.1 Å². The minimum Gasteiger partial charge on any atom is -1.00 e. The summed E-state index contributed by atoms with van der Waals surface area (Å²) in [5, 5.41) is 0. The number of hydrogen-bond acceptors (Lipinski definition) is 2. The first-order valence-corrected chi connectivity index (χ1v) is 9.56. The topological polar surface area (TPSA) is 73.8 Å². The molecule has 0 unspecified atom stereocenters. The zero-order valence-electron chi connectivity index (χ0n) is 13.7. The van der Waals surface area contributed by atoms with Gasteiger partial charge in [-0.2, -0.15) is 0 Å². The molecule has 6 heteroatoms. The summed E-state index contributed by atoms with van der Waals surface area (Å²) >= 11 is 0. The van der Waals surface area contributed by atoms with E-state index in [1.807, 2.05) is 42.5 Å². The molecule has 0 saturated carbocycles. The van der Waals surface area contributed by atoms with Crippen molar-refractivity contribution in [3.05, 3.63) is 54.6 Å². The highest BCUT2D eigenvalue weighted by Gasteiger charge is 2.13. The average molecular weight is 369 g/mol. The molecule has 4 N–H and O–H groups in total. The Morgan fingerprint density at radius 2 is 1.38 bits per heavy atom. The van der Waals surface area contributed by atoms with Crippen molar-refractivity contribution in [3.63, 3.8) is 0 Å². The molecule has 0 bridgehead atoms. The fourth-order valence-electron chi connectivity index (χ4n) is 2.40. The summed E-state index contributed by atoms with van der Waals surface area (Å²) in [6, 6.07) is 16.9. The molecule has 132 valence electrons. The minimum absolute atomic E-state index is 0. The van der Waals surface area contributed by atoms with E-state index in [9.17, 15) is 8.42 Å². The van der Waals surface area contributed by atoms with Gasteiger partial charge in [-0.05, 0) is 42.5 Å².